The number of carbonyl (C=O) groups excluding carboxylic acids is 1. The van der Waals surface area contributed by atoms with E-state index in [4.69, 9.17) is 9.47 Å². The van der Waals surface area contributed by atoms with Crippen molar-refractivity contribution in [1.82, 2.24) is 4.90 Å². The minimum Gasteiger partial charge on any atom is -0.495 e. The lowest BCUT2D eigenvalue weighted by Gasteiger charge is -2.36. The number of amides is 1. The van der Waals surface area contributed by atoms with Crippen molar-refractivity contribution in [3.63, 3.8) is 0 Å². The monoisotopic (exact) mass is 368 g/mol. The van der Waals surface area contributed by atoms with Gasteiger partial charge in [0.15, 0.2) is 6.61 Å². The van der Waals surface area contributed by atoms with Crippen molar-refractivity contribution in [3.05, 3.63) is 53.1 Å². The molecule has 1 heterocycles. The highest BCUT2D eigenvalue weighted by Crippen LogP contribution is 2.28. The van der Waals surface area contributed by atoms with Crippen molar-refractivity contribution < 1.29 is 14.3 Å². The van der Waals surface area contributed by atoms with Crippen LogP contribution in [0.3, 0.4) is 0 Å². The number of anilines is 1. The number of carbonyl (C=O) groups is 1. The van der Waals surface area contributed by atoms with Crippen LogP contribution in [0.4, 0.5) is 5.69 Å². The molecular weight excluding hydrogens is 340 g/mol. The largest absolute Gasteiger partial charge is 0.495 e. The number of piperazine rings is 1. The summed E-state index contributed by atoms with van der Waals surface area (Å²) in [7, 11) is 1.69. The van der Waals surface area contributed by atoms with Gasteiger partial charge in [0, 0.05) is 26.2 Å². The van der Waals surface area contributed by atoms with E-state index < -0.39 is 0 Å². The van der Waals surface area contributed by atoms with Gasteiger partial charge in [0.1, 0.15) is 11.5 Å². The van der Waals surface area contributed by atoms with Gasteiger partial charge in [-0.15, -0.1) is 0 Å². The second kappa shape index (κ2) is 8.33. The number of rotatable bonds is 5. The molecule has 0 N–H and O–H groups in total. The van der Waals surface area contributed by atoms with Gasteiger partial charge in [-0.3, -0.25) is 4.79 Å². The number of aryl methyl sites for hydroxylation is 3. The van der Waals surface area contributed by atoms with E-state index in [9.17, 15) is 4.79 Å². The summed E-state index contributed by atoms with van der Waals surface area (Å²) < 4.78 is 11.3. The molecule has 2 aromatic carbocycles. The molecule has 1 aliphatic rings. The first-order valence-electron chi connectivity index (χ1n) is 9.36. The lowest BCUT2D eigenvalue weighted by Crippen LogP contribution is -2.50. The normalized spacial score (nSPS) is 14.2. The molecule has 0 bridgehead atoms. The van der Waals surface area contributed by atoms with Gasteiger partial charge in [-0.2, -0.15) is 0 Å². The van der Waals surface area contributed by atoms with Crippen LogP contribution in [0.25, 0.3) is 0 Å². The third kappa shape index (κ3) is 4.35. The molecule has 1 saturated heterocycles. The molecule has 2 aromatic rings. The summed E-state index contributed by atoms with van der Waals surface area (Å²) in [6.07, 6.45) is 0. The first-order chi connectivity index (χ1) is 13.0. The molecule has 144 valence electrons. The first kappa shape index (κ1) is 19.1. The molecule has 0 spiro atoms. The minimum atomic E-state index is 0.0362. The van der Waals surface area contributed by atoms with Crippen LogP contribution < -0.4 is 14.4 Å². The summed E-state index contributed by atoms with van der Waals surface area (Å²) in [5.74, 6) is 1.72. The highest BCUT2D eigenvalue weighted by Gasteiger charge is 2.23. The fourth-order valence-electron chi connectivity index (χ4n) is 3.71. The Kier molecular flexibility index (Phi) is 5.89. The number of benzene rings is 2. The van der Waals surface area contributed by atoms with Gasteiger partial charge >= 0.3 is 0 Å². The molecule has 1 fully saturated rings. The minimum absolute atomic E-state index is 0.0362. The predicted molar refractivity (Wildman–Crippen MR) is 108 cm³/mol. The molecule has 3 rings (SSSR count). The number of nitrogens with zero attached hydrogens (tertiary/aromatic N) is 2. The fraction of sp³-hybridized carbons (Fsp3) is 0.409. The van der Waals surface area contributed by atoms with Crippen LogP contribution >= 0.6 is 0 Å². The molecule has 0 aliphatic carbocycles. The Labute approximate surface area is 161 Å². The van der Waals surface area contributed by atoms with Crippen LogP contribution in [0.5, 0.6) is 11.5 Å². The molecule has 0 saturated carbocycles. The van der Waals surface area contributed by atoms with Crippen molar-refractivity contribution in [1.29, 1.82) is 0 Å². The van der Waals surface area contributed by atoms with Crippen molar-refractivity contribution in [2.24, 2.45) is 0 Å². The maximum absolute atomic E-state index is 12.6. The second-order valence-electron chi connectivity index (χ2n) is 7.06. The van der Waals surface area contributed by atoms with Gasteiger partial charge in [0.25, 0.3) is 5.91 Å². The van der Waals surface area contributed by atoms with Crippen LogP contribution in [0.1, 0.15) is 16.7 Å². The van der Waals surface area contributed by atoms with Crippen LogP contribution in [0, 0.1) is 20.8 Å². The van der Waals surface area contributed by atoms with Crippen molar-refractivity contribution in [2.75, 3.05) is 44.8 Å². The van der Waals surface area contributed by atoms with Gasteiger partial charge in [0.2, 0.25) is 0 Å². The van der Waals surface area contributed by atoms with E-state index in [-0.39, 0.29) is 12.5 Å². The van der Waals surface area contributed by atoms with Gasteiger partial charge in [-0.05, 0) is 44.0 Å². The van der Waals surface area contributed by atoms with Crippen LogP contribution in [-0.4, -0.2) is 50.7 Å². The van der Waals surface area contributed by atoms with E-state index in [0.29, 0.717) is 13.1 Å². The maximum Gasteiger partial charge on any atom is 0.260 e. The zero-order valence-corrected chi connectivity index (χ0v) is 16.6. The molecule has 1 amide bonds. The second-order valence-corrected chi connectivity index (χ2v) is 7.06. The zero-order chi connectivity index (χ0) is 19.4. The fourth-order valence-corrected chi connectivity index (χ4v) is 3.71. The van der Waals surface area contributed by atoms with Gasteiger partial charge < -0.3 is 19.3 Å². The number of hydrogen-bond donors (Lipinski definition) is 0. The standard InChI is InChI=1S/C22H28N2O3/c1-16-13-17(2)22(18(3)14-16)27-15-21(25)24-11-9-23(10-12-24)19-7-5-6-8-20(19)26-4/h5-8,13-14H,9-12,15H2,1-4H3. The molecule has 0 atom stereocenters. The van der Waals surface area contributed by atoms with Gasteiger partial charge in [0.05, 0.1) is 12.8 Å². The summed E-state index contributed by atoms with van der Waals surface area (Å²) in [4.78, 5) is 16.7. The van der Waals surface area contributed by atoms with Crippen LogP contribution in [-0.2, 0) is 4.79 Å². The molecule has 27 heavy (non-hydrogen) atoms. The van der Waals surface area contributed by atoms with Gasteiger partial charge in [-0.25, -0.2) is 0 Å². The Hall–Kier alpha value is -2.69. The predicted octanol–water partition coefficient (Wildman–Crippen LogP) is 3.35. The highest BCUT2D eigenvalue weighted by molar-refractivity contribution is 5.78. The molecule has 5 heteroatoms. The Morgan fingerprint density at radius 2 is 1.63 bits per heavy atom. The van der Waals surface area contributed by atoms with Crippen LogP contribution in [0.15, 0.2) is 36.4 Å². The Balaban J connectivity index is 1.56. The summed E-state index contributed by atoms with van der Waals surface area (Å²) in [6, 6.07) is 12.2. The summed E-state index contributed by atoms with van der Waals surface area (Å²) in [6.45, 7) is 9.13. The molecule has 0 radical (unpaired) electrons. The summed E-state index contributed by atoms with van der Waals surface area (Å²) >= 11 is 0. The lowest BCUT2D eigenvalue weighted by molar-refractivity contribution is -0.133. The smallest absolute Gasteiger partial charge is 0.260 e. The Morgan fingerprint density at radius 3 is 2.26 bits per heavy atom. The topological polar surface area (TPSA) is 42.0 Å². The average molecular weight is 368 g/mol. The first-order valence-corrected chi connectivity index (χ1v) is 9.36. The third-order valence-electron chi connectivity index (χ3n) is 5.00. The molecular formula is C22H28N2O3. The number of hydrogen-bond acceptors (Lipinski definition) is 4. The Bertz CT molecular complexity index is 788. The maximum atomic E-state index is 12.6. The summed E-state index contributed by atoms with van der Waals surface area (Å²) in [5, 5.41) is 0. The number of ether oxygens (including phenoxy) is 2. The van der Waals surface area contributed by atoms with E-state index in [2.05, 4.69) is 30.0 Å². The summed E-state index contributed by atoms with van der Waals surface area (Å²) in [5.41, 5.74) is 4.42. The molecule has 0 unspecified atom stereocenters. The molecule has 0 aromatic heterocycles. The number of para-hydroxylation sites is 2. The third-order valence-corrected chi connectivity index (χ3v) is 5.00. The average Bonchev–Trinajstić information content (AvgIpc) is 2.67. The highest BCUT2D eigenvalue weighted by atomic mass is 16.5. The van der Waals surface area contributed by atoms with Crippen LogP contribution in [0.2, 0.25) is 0 Å². The van der Waals surface area contributed by atoms with Crippen molar-refractivity contribution in [2.45, 2.75) is 20.8 Å². The molecule has 1 aliphatic heterocycles. The Morgan fingerprint density at radius 1 is 1.00 bits per heavy atom. The van der Waals surface area contributed by atoms with E-state index in [1.807, 2.05) is 36.9 Å². The van der Waals surface area contributed by atoms with E-state index >= 15 is 0 Å². The van der Waals surface area contributed by atoms with E-state index in [1.54, 1.807) is 7.11 Å². The van der Waals surface area contributed by atoms with Crippen molar-refractivity contribution >= 4 is 11.6 Å². The number of methoxy groups -OCH3 is 1. The lowest BCUT2D eigenvalue weighted by atomic mass is 10.1. The SMILES string of the molecule is COc1ccccc1N1CCN(C(=O)COc2c(C)cc(C)cc2C)CC1. The zero-order valence-electron chi connectivity index (χ0n) is 16.6. The van der Waals surface area contributed by atoms with E-state index in [0.717, 1.165) is 41.4 Å². The molecule has 5 nitrogen and oxygen atoms in total. The van der Waals surface area contributed by atoms with Gasteiger partial charge in [-0.1, -0.05) is 29.8 Å². The van der Waals surface area contributed by atoms with Crippen molar-refractivity contribution in [3.8, 4) is 11.5 Å². The quantitative estimate of drug-likeness (QED) is 0.812. The van der Waals surface area contributed by atoms with E-state index in [1.165, 1.54) is 5.56 Å².